The molecule has 0 saturated carbocycles. The van der Waals surface area contributed by atoms with Crippen molar-refractivity contribution >= 4 is 17.5 Å². The van der Waals surface area contributed by atoms with Crippen LogP contribution in [0, 0.1) is 0 Å². The highest BCUT2D eigenvalue weighted by Crippen LogP contribution is 2.31. The van der Waals surface area contributed by atoms with E-state index >= 15 is 0 Å². The molecule has 138 valence electrons. The van der Waals surface area contributed by atoms with Crippen molar-refractivity contribution in [3.63, 3.8) is 0 Å². The zero-order valence-electron chi connectivity index (χ0n) is 15.1. The Bertz CT molecular complexity index is 773. The Balaban J connectivity index is 1.64. The van der Waals surface area contributed by atoms with Gasteiger partial charge >= 0.3 is 0 Å². The predicted octanol–water partition coefficient (Wildman–Crippen LogP) is 3.32. The van der Waals surface area contributed by atoms with Crippen LogP contribution in [0.1, 0.15) is 15.9 Å². The number of carbonyl (C=O) groups excluding carboxylic acids is 1. The van der Waals surface area contributed by atoms with Crippen LogP contribution in [0.15, 0.2) is 42.5 Å². The lowest BCUT2D eigenvalue weighted by atomic mass is 10.1. The van der Waals surface area contributed by atoms with Gasteiger partial charge in [0.25, 0.3) is 5.91 Å². The first-order valence-corrected chi connectivity index (χ1v) is 8.97. The number of hydrogen-bond acceptors (Lipinski definition) is 4. The number of nitrogens with zero attached hydrogens (tertiary/aromatic N) is 2. The van der Waals surface area contributed by atoms with Gasteiger partial charge in [0.05, 0.1) is 19.8 Å². The molecular formula is C20H23ClN2O3. The van der Waals surface area contributed by atoms with Crippen molar-refractivity contribution in [1.29, 1.82) is 0 Å². The minimum atomic E-state index is -0.0249. The Morgan fingerprint density at radius 1 is 1.04 bits per heavy atom. The number of piperazine rings is 1. The average Bonchev–Trinajstić information content (AvgIpc) is 2.67. The molecule has 1 aliphatic rings. The molecular weight excluding hydrogens is 352 g/mol. The fourth-order valence-corrected chi connectivity index (χ4v) is 3.44. The van der Waals surface area contributed by atoms with Gasteiger partial charge in [0, 0.05) is 37.7 Å². The molecule has 0 aromatic heterocycles. The maximum Gasteiger partial charge on any atom is 0.257 e. The van der Waals surface area contributed by atoms with E-state index < -0.39 is 0 Å². The molecule has 1 fully saturated rings. The van der Waals surface area contributed by atoms with E-state index in [0.29, 0.717) is 30.2 Å². The third-order valence-electron chi connectivity index (χ3n) is 4.59. The smallest absolute Gasteiger partial charge is 0.257 e. The highest BCUT2D eigenvalue weighted by molar-refractivity contribution is 6.30. The number of methoxy groups -OCH3 is 2. The molecule has 3 rings (SSSR count). The van der Waals surface area contributed by atoms with Crippen molar-refractivity contribution in [2.45, 2.75) is 6.54 Å². The molecule has 0 unspecified atom stereocenters. The third kappa shape index (κ3) is 4.11. The second-order valence-electron chi connectivity index (χ2n) is 6.24. The van der Waals surface area contributed by atoms with E-state index in [9.17, 15) is 4.79 Å². The largest absolute Gasteiger partial charge is 0.493 e. The number of ether oxygens (including phenoxy) is 2. The van der Waals surface area contributed by atoms with Crippen LogP contribution >= 0.6 is 11.6 Å². The second-order valence-corrected chi connectivity index (χ2v) is 6.68. The average molecular weight is 375 g/mol. The first-order valence-electron chi connectivity index (χ1n) is 8.59. The normalized spacial score (nSPS) is 15.0. The van der Waals surface area contributed by atoms with E-state index in [1.165, 1.54) is 5.56 Å². The minimum Gasteiger partial charge on any atom is -0.493 e. The summed E-state index contributed by atoms with van der Waals surface area (Å²) in [4.78, 5) is 17.1. The quantitative estimate of drug-likeness (QED) is 0.805. The van der Waals surface area contributed by atoms with Gasteiger partial charge in [-0.25, -0.2) is 0 Å². The monoisotopic (exact) mass is 374 g/mol. The van der Waals surface area contributed by atoms with Crippen molar-refractivity contribution in [2.24, 2.45) is 0 Å². The van der Waals surface area contributed by atoms with Crippen LogP contribution in [0.2, 0.25) is 5.02 Å². The zero-order valence-corrected chi connectivity index (χ0v) is 15.8. The molecule has 1 aliphatic heterocycles. The highest BCUT2D eigenvalue weighted by Gasteiger charge is 2.25. The Morgan fingerprint density at radius 2 is 1.77 bits per heavy atom. The van der Waals surface area contributed by atoms with Gasteiger partial charge < -0.3 is 14.4 Å². The van der Waals surface area contributed by atoms with E-state index in [1.807, 2.05) is 29.2 Å². The number of rotatable bonds is 5. The molecule has 2 aromatic carbocycles. The Hall–Kier alpha value is -2.24. The van der Waals surface area contributed by atoms with Crippen LogP contribution in [0.4, 0.5) is 0 Å². The summed E-state index contributed by atoms with van der Waals surface area (Å²) in [6, 6.07) is 13.3. The molecule has 1 heterocycles. The molecule has 0 radical (unpaired) electrons. The Morgan fingerprint density at radius 3 is 2.42 bits per heavy atom. The Labute approximate surface area is 159 Å². The van der Waals surface area contributed by atoms with E-state index in [4.69, 9.17) is 21.1 Å². The van der Waals surface area contributed by atoms with Gasteiger partial charge in [0.2, 0.25) is 0 Å². The number of hydrogen-bond donors (Lipinski definition) is 0. The van der Waals surface area contributed by atoms with E-state index in [2.05, 4.69) is 11.0 Å². The van der Waals surface area contributed by atoms with Crippen LogP contribution in [0.5, 0.6) is 11.5 Å². The van der Waals surface area contributed by atoms with Crippen molar-refractivity contribution in [3.05, 3.63) is 58.6 Å². The zero-order chi connectivity index (χ0) is 18.5. The molecule has 0 bridgehead atoms. The van der Waals surface area contributed by atoms with Crippen LogP contribution < -0.4 is 9.47 Å². The SMILES string of the molecule is COc1cccc(C(=O)N2CCN(Cc3cccc(Cl)c3)CC2)c1OC. The van der Waals surface area contributed by atoms with Gasteiger partial charge in [0.1, 0.15) is 0 Å². The summed E-state index contributed by atoms with van der Waals surface area (Å²) in [6.45, 7) is 3.85. The molecule has 1 saturated heterocycles. The van der Waals surface area contributed by atoms with Crippen molar-refractivity contribution in [1.82, 2.24) is 9.80 Å². The van der Waals surface area contributed by atoms with Gasteiger partial charge in [-0.1, -0.05) is 29.8 Å². The summed E-state index contributed by atoms with van der Waals surface area (Å²) >= 11 is 6.05. The van der Waals surface area contributed by atoms with Crippen LogP contribution in [0.3, 0.4) is 0 Å². The van der Waals surface area contributed by atoms with Crippen LogP contribution in [0.25, 0.3) is 0 Å². The van der Waals surface area contributed by atoms with E-state index in [-0.39, 0.29) is 5.91 Å². The molecule has 5 nitrogen and oxygen atoms in total. The molecule has 0 N–H and O–H groups in total. The fraction of sp³-hybridized carbons (Fsp3) is 0.350. The summed E-state index contributed by atoms with van der Waals surface area (Å²) in [6.07, 6.45) is 0. The molecule has 26 heavy (non-hydrogen) atoms. The summed E-state index contributed by atoms with van der Waals surface area (Å²) in [5.74, 6) is 1.03. The lowest BCUT2D eigenvalue weighted by Crippen LogP contribution is -2.48. The number of benzene rings is 2. The summed E-state index contributed by atoms with van der Waals surface area (Å²) in [5, 5.41) is 0.751. The molecule has 0 spiro atoms. The lowest BCUT2D eigenvalue weighted by Gasteiger charge is -2.35. The van der Waals surface area contributed by atoms with Crippen molar-refractivity contribution in [3.8, 4) is 11.5 Å². The fourth-order valence-electron chi connectivity index (χ4n) is 3.23. The third-order valence-corrected chi connectivity index (χ3v) is 4.82. The molecule has 6 heteroatoms. The summed E-state index contributed by atoms with van der Waals surface area (Å²) in [5.41, 5.74) is 1.72. The molecule has 2 aromatic rings. The topological polar surface area (TPSA) is 42.0 Å². The first-order chi connectivity index (χ1) is 12.6. The standard InChI is InChI=1S/C20H23ClN2O3/c1-25-18-8-4-7-17(19(18)26-2)20(24)23-11-9-22(10-12-23)14-15-5-3-6-16(21)13-15/h3-8,13H,9-12,14H2,1-2H3. The summed E-state index contributed by atoms with van der Waals surface area (Å²) in [7, 11) is 3.12. The molecule has 0 atom stereocenters. The van der Waals surface area contributed by atoms with Gasteiger partial charge in [-0.05, 0) is 29.8 Å². The maximum atomic E-state index is 12.9. The number of carbonyl (C=O) groups is 1. The van der Waals surface area contributed by atoms with Gasteiger partial charge in [-0.2, -0.15) is 0 Å². The minimum absolute atomic E-state index is 0.0249. The van der Waals surface area contributed by atoms with Crippen molar-refractivity contribution in [2.75, 3.05) is 40.4 Å². The van der Waals surface area contributed by atoms with Crippen LogP contribution in [-0.2, 0) is 6.54 Å². The van der Waals surface area contributed by atoms with Gasteiger partial charge in [-0.3, -0.25) is 9.69 Å². The molecule has 1 amide bonds. The lowest BCUT2D eigenvalue weighted by molar-refractivity contribution is 0.0624. The van der Waals surface area contributed by atoms with E-state index in [0.717, 1.165) is 24.7 Å². The number of para-hydroxylation sites is 1. The number of halogens is 1. The summed E-state index contributed by atoms with van der Waals surface area (Å²) < 4.78 is 10.7. The molecule has 0 aliphatic carbocycles. The van der Waals surface area contributed by atoms with Crippen LogP contribution in [-0.4, -0.2) is 56.1 Å². The van der Waals surface area contributed by atoms with Gasteiger partial charge in [-0.15, -0.1) is 0 Å². The maximum absolute atomic E-state index is 12.9. The first kappa shape index (κ1) is 18.5. The van der Waals surface area contributed by atoms with Gasteiger partial charge in [0.15, 0.2) is 11.5 Å². The second kappa shape index (κ2) is 8.43. The highest BCUT2D eigenvalue weighted by atomic mass is 35.5. The number of amides is 1. The van der Waals surface area contributed by atoms with Crippen molar-refractivity contribution < 1.29 is 14.3 Å². The van der Waals surface area contributed by atoms with E-state index in [1.54, 1.807) is 26.4 Å². The predicted molar refractivity (Wildman–Crippen MR) is 102 cm³/mol. The Kier molecular flexibility index (Phi) is 6.01.